The van der Waals surface area contributed by atoms with Gasteiger partial charge in [-0.25, -0.2) is 9.97 Å². The molecule has 4 rings (SSSR count). The third-order valence-corrected chi connectivity index (χ3v) is 4.15. The molecule has 2 heterocycles. The normalized spacial score (nSPS) is 10.9. The summed E-state index contributed by atoms with van der Waals surface area (Å²) in [7, 11) is 0. The highest BCUT2D eigenvalue weighted by molar-refractivity contribution is 5.91. The van der Waals surface area contributed by atoms with Crippen LogP contribution in [-0.2, 0) is 6.42 Å². The van der Waals surface area contributed by atoms with Gasteiger partial charge in [0.05, 0.1) is 5.39 Å². The molecule has 0 saturated carbocycles. The standard InChI is InChI=1S/C20H18N4O/c25-16-8-6-15(7-9-16)18-12-17-19(22-13-23-20(17)24-18)21-11-10-14-4-2-1-3-5-14/h1-9,12-13,25H,10-11H2,(H2,21,22,23,24). The van der Waals surface area contributed by atoms with Gasteiger partial charge in [-0.1, -0.05) is 30.3 Å². The molecule has 5 nitrogen and oxygen atoms in total. The lowest BCUT2D eigenvalue weighted by Gasteiger charge is -2.06. The van der Waals surface area contributed by atoms with Gasteiger partial charge in [-0.15, -0.1) is 0 Å². The Kier molecular flexibility index (Phi) is 4.04. The quantitative estimate of drug-likeness (QED) is 0.517. The number of aromatic nitrogens is 3. The second kappa shape index (κ2) is 6.65. The highest BCUT2D eigenvalue weighted by atomic mass is 16.3. The molecule has 0 spiro atoms. The number of hydrogen-bond donors (Lipinski definition) is 3. The summed E-state index contributed by atoms with van der Waals surface area (Å²) in [6.07, 6.45) is 2.49. The van der Waals surface area contributed by atoms with E-state index >= 15 is 0 Å². The Bertz CT molecular complexity index is 978. The fourth-order valence-electron chi connectivity index (χ4n) is 2.85. The van der Waals surface area contributed by atoms with E-state index in [4.69, 9.17) is 0 Å². The lowest BCUT2D eigenvalue weighted by atomic mass is 10.1. The molecule has 0 atom stereocenters. The van der Waals surface area contributed by atoms with E-state index in [1.807, 2.05) is 36.4 Å². The van der Waals surface area contributed by atoms with Gasteiger partial charge in [0.2, 0.25) is 0 Å². The molecule has 2 aromatic heterocycles. The van der Waals surface area contributed by atoms with Crippen molar-refractivity contribution in [2.75, 3.05) is 11.9 Å². The third kappa shape index (κ3) is 3.30. The number of H-pyrrole nitrogens is 1. The Morgan fingerprint density at radius 3 is 2.56 bits per heavy atom. The number of fused-ring (bicyclic) bond motifs is 1. The van der Waals surface area contributed by atoms with Gasteiger partial charge < -0.3 is 15.4 Å². The number of phenolic OH excluding ortho intramolecular Hbond substituents is 1. The highest BCUT2D eigenvalue weighted by Crippen LogP contribution is 2.27. The van der Waals surface area contributed by atoms with Crippen LogP contribution in [0.3, 0.4) is 0 Å². The van der Waals surface area contributed by atoms with Gasteiger partial charge >= 0.3 is 0 Å². The number of anilines is 1. The van der Waals surface area contributed by atoms with Crippen LogP contribution in [0.4, 0.5) is 5.82 Å². The zero-order valence-corrected chi connectivity index (χ0v) is 13.6. The number of phenols is 1. The number of aromatic amines is 1. The van der Waals surface area contributed by atoms with Gasteiger partial charge in [0, 0.05) is 12.2 Å². The lowest BCUT2D eigenvalue weighted by molar-refractivity contribution is 0.475. The Hall–Kier alpha value is -3.34. The predicted molar refractivity (Wildman–Crippen MR) is 99.6 cm³/mol. The van der Waals surface area contributed by atoms with Crippen LogP contribution < -0.4 is 5.32 Å². The molecule has 25 heavy (non-hydrogen) atoms. The number of aromatic hydroxyl groups is 1. The number of benzene rings is 2. The molecule has 5 heteroatoms. The number of rotatable bonds is 5. The van der Waals surface area contributed by atoms with E-state index in [0.29, 0.717) is 0 Å². The van der Waals surface area contributed by atoms with Crippen LogP contribution in [0.25, 0.3) is 22.3 Å². The molecular formula is C20H18N4O. The van der Waals surface area contributed by atoms with Gasteiger partial charge in [-0.3, -0.25) is 0 Å². The summed E-state index contributed by atoms with van der Waals surface area (Å²) in [4.78, 5) is 12.0. The summed E-state index contributed by atoms with van der Waals surface area (Å²) >= 11 is 0. The van der Waals surface area contributed by atoms with Crippen molar-refractivity contribution in [1.82, 2.24) is 15.0 Å². The minimum Gasteiger partial charge on any atom is -0.508 e. The zero-order valence-electron chi connectivity index (χ0n) is 13.6. The molecule has 124 valence electrons. The van der Waals surface area contributed by atoms with Crippen molar-refractivity contribution in [2.45, 2.75) is 6.42 Å². The van der Waals surface area contributed by atoms with E-state index in [2.05, 4.69) is 32.4 Å². The van der Waals surface area contributed by atoms with Crippen LogP contribution in [-0.4, -0.2) is 26.6 Å². The third-order valence-electron chi connectivity index (χ3n) is 4.15. The zero-order chi connectivity index (χ0) is 17.1. The van der Waals surface area contributed by atoms with Gasteiger partial charge in [0.15, 0.2) is 0 Å². The minimum absolute atomic E-state index is 0.253. The van der Waals surface area contributed by atoms with Crippen LogP contribution in [0.1, 0.15) is 5.56 Å². The first-order chi connectivity index (χ1) is 12.3. The lowest BCUT2D eigenvalue weighted by Crippen LogP contribution is -2.06. The second-order valence-corrected chi connectivity index (χ2v) is 5.88. The topological polar surface area (TPSA) is 73.8 Å². The van der Waals surface area contributed by atoms with Crippen LogP contribution in [0.5, 0.6) is 5.75 Å². The average Bonchev–Trinajstić information content (AvgIpc) is 3.08. The fraction of sp³-hybridized carbons (Fsp3) is 0.100. The maximum atomic E-state index is 9.44. The van der Waals surface area contributed by atoms with Crippen LogP contribution >= 0.6 is 0 Å². The smallest absolute Gasteiger partial charge is 0.143 e. The highest BCUT2D eigenvalue weighted by Gasteiger charge is 2.09. The molecule has 2 aromatic carbocycles. The molecule has 0 radical (unpaired) electrons. The Morgan fingerprint density at radius 1 is 0.960 bits per heavy atom. The van der Waals surface area contributed by atoms with Crippen LogP contribution in [0.15, 0.2) is 67.0 Å². The maximum absolute atomic E-state index is 9.44. The summed E-state index contributed by atoms with van der Waals surface area (Å²) in [6.45, 7) is 0.801. The average molecular weight is 330 g/mol. The molecule has 0 fully saturated rings. The van der Waals surface area contributed by atoms with Crippen molar-refractivity contribution in [3.63, 3.8) is 0 Å². The Balaban J connectivity index is 1.56. The molecule has 0 unspecified atom stereocenters. The summed E-state index contributed by atoms with van der Waals surface area (Å²) in [6, 6.07) is 19.5. The van der Waals surface area contributed by atoms with E-state index < -0.39 is 0 Å². The fourth-order valence-corrected chi connectivity index (χ4v) is 2.85. The van der Waals surface area contributed by atoms with Crippen LogP contribution in [0, 0.1) is 0 Å². The van der Waals surface area contributed by atoms with Crippen LogP contribution in [0.2, 0.25) is 0 Å². The summed E-state index contributed by atoms with van der Waals surface area (Å²) in [5.41, 5.74) is 4.02. The van der Waals surface area contributed by atoms with Crippen molar-refractivity contribution in [3.8, 4) is 17.0 Å². The molecule has 0 aliphatic rings. The Labute approximate surface area is 145 Å². The first-order valence-electron chi connectivity index (χ1n) is 8.20. The van der Waals surface area contributed by atoms with E-state index in [-0.39, 0.29) is 5.75 Å². The summed E-state index contributed by atoms with van der Waals surface area (Å²) < 4.78 is 0. The first kappa shape index (κ1) is 15.2. The Morgan fingerprint density at radius 2 is 1.76 bits per heavy atom. The number of nitrogens with one attached hydrogen (secondary N) is 2. The molecule has 4 aromatic rings. The van der Waals surface area contributed by atoms with Crippen molar-refractivity contribution in [2.24, 2.45) is 0 Å². The van der Waals surface area contributed by atoms with Crippen molar-refractivity contribution >= 4 is 16.9 Å². The first-order valence-corrected chi connectivity index (χ1v) is 8.20. The van der Waals surface area contributed by atoms with Gasteiger partial charge in [-0.2, -0.15) is 0 Å². The SMILES string of the molecule is Oc1ccc(-c2cc3c(NCCc4ccccc4)ncnc3[nH]2)cc1. The molecular weight excluding hydrogens is 312 g/mol. The van der Waals surface area contributed by atoms with E-state index in [9.17, 15) is 5.11 Å². The molecule has 0 aliphatic carbocycles. The maximum Gasteiger partial charge on any atom is 0.143 e. The predicted octanol–water partition coefficient (Wildman–Crippen LogP) is 3.99. The van der Waals surface area contributed by atoms with E-state index in [1.54, 1.807) is 18.5 Å². The van der Waals surface area contributed by atoms with Crippen molar-refractivity contribution in [1.29, 1.82) is 0 Å². The van der Waals surface area contributed by atoms with Crippen molar-refractivity contribution < 1.29 is 5.11 Å². The molecule has 0 aliphatic heterocycles. The minimum atomic E-state index is 0.253. The van der Waals surface area contributed by atoms with E-state index in [1.165, 1.54) is 5.56 Å². The second-order valence-electron chi connectivity index (χ2n) is 5.88. The van der Waals surface area contributed by atoms with Gasteiger partial charge in [-0.05, 0) is 47.9 Å². The molecule has 0 bridgehead atoms. The molecule has 3 N–H and O–H groups in total. The largest absolute Gasteiger partial charge is 0.508 e. The summed E-state index contributed by atoms with van der Waals surface area (Å²) in [5, 5.41) is 13.8. The monoisotopic (exact) mass is 330 g/mol. The number of hydrogen-bond acceptors (Lipinski definition) is 4. The summed E-state index contributed by atoms with van der Waals surface area (Å²) in [5.74, 6) is 1.07. The van der Waals surface area contributed by atoms with E-state index in [0.717, 1.165) is 41.1 Å². The van der Waals surface area contributed by atoms with Gasteiger partial charge in [0.25, 0.3) is 0 Å². The van der Waals surface area contributed by atoms with Crippen molar-refractivity contribution in [3.05, 3.63) is 72.6 Å². The molecule has 0 saturated heterocycles. The van der Waals surface area contributed by atoms with Gasteiger partial charge in [0.1, 0.15) is 23.5 Å². The molecule has 0 amide bonds. The number of nitrogens with zero attached hydrogens (tertiary/aromatic N) is 2.